The van der Waals surface area contributed by atoms with Crippen LogP contribution >= 0.6 is 0 Å². The number of aryl methyl sites for hydroxylation is 1. The van der Waals surface area contributed by atoms with Crippen LogP contribution in [0.5, 0.6) is 0 Å². The number of aromatic amines is 1. The van der Waals surface area contributed by atoms with Gasteiger partial charge in [0, 0.05) is 0 Å². The van der Waals surface area contributed by atoms with Gasteiger partial charge in [0.25, 0.3) is 0 Å². The first-order valence-electron chi connectivity index (χ1n) is 6.42. The SMILES string of the molecule is Cc1ncc(CO)[nH]1.[K+].[c-]1ccc(-c2ccccc2)cc1. The summed E-state index contributed by atoms with van der Waals surface area (Å²) in [4.78, 5) is 6.74. The van der Waals surface area contributed by atoms with Crippen LogP contribution in [0.2, 0.25) is 0 Å². The van der Waals surface area contributed by atoms with Crippen LogP contribution in [0.1, 0.15) is 11.5 Å². The molecular formula is C17H17KN2O. The first-order chi connectivity index (χ1) is 9.79. The van der Waals surface area contributed by atoms with Gasteiger partial charge >= 0.3 is 51.4 Å². The van der Waals surface area contributed by atoms with Crippen molar-refractivity contribution >= 4 is 0 Å². The molecule has 0 amide bonds. The molecule has 0 aliphatic carbocycles. The molecule has 102 valence electrons. The normalized spacial score (nSPS) is 9.24. The molecule has 0 saturated carbocycles. The van der Waals surface area contributed by atoms with Crippen molar-refractivity contribution in [2.24, 2.45) is 0 Å². The van der Waals surface area contributed by atoms with Gasteiger partial charge in [0.05, 0.1) is 18.5 Å². The average molecular weight is 304 g/mol. The van der Waals surface area contributed by atoms with Crippen LogP contribution in [-0.2, 0) is 6.61 Å². The summed E-state index contributed by atoms with van der Waals surface area (Å²) in [5.41, 5.74) is 3.27. The first kappa shape index (κ1) is 18.3. The summed E-state index contributed by atoms with van der Waals surface area (Å²) in [6, 6.07) is 21.3. The van der Waals surface area contributed by atoms with Gasteiger partial charge in [-0.15, -0.1) is 5.56 Å². The van der Waals surface area contributed by atoms with Gasteiger partial charge in [0.15, 0.2) is 0 Å². The van der Waals surface area contributed by atoms with E-state index in [1.807, 2.05) is 37.3 Å². The summed E-state index contributed by atoms with van der Waals surface area (Å²) in [5.74, 6) is 0.842. The molecule has 3 aromatic rings. The van der Waals surface area contributed by atoms with Gasteiger partial charge < -0.3 is 10.1 Å². The molecule has 3 nitrogen and oxygen atoms in total. The average Bonchev–Trinajstić information content (AvgIpc) is 2.95. The maximum atomic E-state index is 8.48. The van der Waals surface area contributed by atoms with Crippen LogP contribution in [0.4, 0.5) is 0 Å². The minimum atomic E-state index is 0. The molecule has 0 atom stereocenters. The van der Waals surface area contributed by atoms with Crippen molar-refractivity contribution in [2.45, 2.75) is 13.5 Å². The first-order valence-corrected chi connectivity index (χ1v) is 6.42. The van der Waals surface area contributed by atoms with Gasteiger partial charge in [-0.3, -0.25) is 0 Å². The standard InChI is InChI=1S/C12H9.C5H8N2O.K/c1-3-7-11(8-4-1)12-9-5-2-6-10-12;1-4-6-2-5(3-8)7-4;/h1,3-10H;2,8H,3H2,1H3,(H,6,7);/q-1;;+1. The number of H-pyrrole nitrogens is 1. The van der Waals surface area contributed by atoms with Crippen LogP contribution in [0, 0.1) is 13.0 Å². The van der Waals surface area contributed by atoms with Crippen molar-refractivity contribution in [3.05, 3.63) is 78.4 Å². The quantitative estimate of drug-likeness (QED) is 0.531. The summed E-state index contributed by atoms with van der Waals surface area (Å²) in [7, 11) is 0. The third-order valence-electron chi connectivity index (χ3n) is 2.75. The van der Waals surface area contributed by atoms with E-state index >= 15 is 0 Å². The molecule has 2 aromatic carbocycles. The number of aromatic nitrogens is 2. The number of nitrogens with one attached hydrogen (secondary N) is 1. The van der Waals surface area contributed by atoms with Gasteiger partial charge in [-0.1, -0.05) is 30.3 Å². The zero-order valence-corrected chi connectivity index (χ0v) is 15.5. The van der Waals surface area contributed by atoms with Crippen molar-refractivity contribution in [1.29, 1.82) is 0 Å². The maximum absolute atomic E-state index is 8.48. The third-order valence-corrected chi connectivity index (χ3v) is 2.75. The number of hydrogen-bond donors (Lipinski definition) is 2. The van der Waals surface area contributed by atoms with Crippen molar-refractivity contribution in [3.8, 4) is 11.1 Å². The van der Waals surface area contributed by atoms with E-state index in [0.29, 0.717) is 0 Å². The Balaban J connectivity index is 0.000000216. The number of aliphatic hydroxyl groups is 1. The number of hydrogen-bond acceptors (Lipinski definition) is 2. The fourth-order valence-electron chi connectivity index (χ4n) is 1.76. The molecule has 0 spiro atoms. The molecule has 0 fully saturated rings. The van der Waals surface area contributed by atoms with Crippen molar-refractivity contribution in [2.75, 3.05) is 0 Å². The third kappa shape index (κ3) is 6.26. The monoisotopic (exact) mass is 304 g/mol. The van der Waals surface area contributed by atoms with E-state index in [4.69, 9.17) is 5.11 Å². The van der Waals surface area contributed by atoms with Gasteiger partial charge in [-0.05, 0) is 12.5 Å². The minimum absolute atomic E-state index is 0. The molecule has 0 aliphatic heterocycles. The van der Waals surface area contributed by atoms with E-state index in [1.165, 1.54) is 11.1 Å². The van der Waals surface area contributed by atoms with E-state index < -0.39 is 0 Å². The van der Waals surface area contributed by atoms with E-state index in [9.17, 15) is 0 Å². The molecular weight excluding hydrogens is 287 g/mol. The number of rotatable bonds is 2. The Kier molecular flexibility index (Phi) is 8.76. The molecule has 21 heavy (non-hydrogen) atoms. The predicted octanol–water partition coefficient (Wildman–Crippen LogP) is 0.368. The van der Waals surface area contributed by atoms with Gasteiger partial charge in [0.2, 0.25) is 0 Å². The topological polar surface area (TPSA) is 48.9 Å². The Morgan fingerprint density at radius 2 is 1.67 bits per heavy atom. The fraction of sp³-hybridized carbons (Fsp3) is 0.118. The fourth-order valence-corrected chi connectivity index (χ4v) is 1.76. The van der Waals surface area contributed by atoms with Crippen molar-refractivity contribution < 1.29 is 56.5 Å². The van der Waals surface area contributed by atoms with Crippen LogP contribution in [0.3, 0.4) is 0 Å². The zero-order valence-electron chi connectivity index (χ0n) is 12.4. The minimum Gasteiger partial charge on any atom is -0.390 e. The molecule has 4 heteroatoms. The molecule has 3 rings (SSSR count). The molecule has 0 unspecified atom stereocenters. The van der Waals surface area contributed by atoms with Crippen LogP contribution < -0.4 is 51.4 Å². The number of imidazole rings is 1. The van der Waals surface area contributed by atoms with Gasteiger partial charge in [-0.2, -0.15) is 30.3 Å². The molecule has 0 aliphatic rings. The summed E-state index contributed by atoms with van der Waals surface area (Å²) >= 11 is 0. The zero-order chi connectivity index (χ0) is 14.2. The second-order valence-corrected chi connectivity index (χ2v) is 4.31. The smallest absolute Gasteiger partial charge is 0.390 e. The summed E-state index contributed by atoms with van der Waals surface area (Å²) < 4.78 is 0. The van der Waals surface area contributed by atoms with E-state index in [2.05, 4.69) is 40.3 Å². The van der Waals surface area contributed by atoms with E-state index in [0.717, 1.165) is 11.5 Å². The predicted molar refractivity (Wildman–Crippen MR) is 80.0 cm³/mol. The van der Waals surface area contributed by atoms with Gasteiger partial charge in [-0.25, -0.2) is 4.98 Å². The van der Waals surface area contributed by atoms with E-state index in [-0.39, 0.29) is 58.0 Å². The Morgan fingerprint density at radius 3 is 2.14 bits per heavy atom. The molecule has 1 heterocycles. The largest absolute Gasteiger partial charge is 1.00 e. The van der Waals surface area contributed by atoms with Crippen LogP contribution in [0.25, 0.3) is 11.1 Å². The van der Waals surface area contributed by atoms with Crippen molar-refractivity contribution in [1.82, 2.24) is 9.97 Å². The molecule has 1 aromatic heterocycles. The summed E-state index contributed by atoms with van der Waals surface area (Å²) in [5, 5.41) is 8.48. The Morgan fingerprint density at radius 1 is 1.05 bits per heavy atom. The molecule has 2 N–H and O–H groups in total. The Labute approximate surface area is 167 Å². The Bertz CT molecular complexity index is 586. The van der Waals surface area contributed by atoms with E-state index in [1.54, 1.807) is 6.20 Å². The second-order valence-electron chi connectivity index (χ2n) is 4.31. The van der Waals surface area contributed by atoms with Crippen molar-refractivity contribution in [3.63, 3.8) is 0 Å². The number of benzene rings is 2. The molecule has 0 radical (unpaired) electrons. The summed E-state index contributed by atoms with van der Waals surface area (Å²) in [6.07, 6.45) is 1.62. The molecule has 0 saturated heterocycles. The summed E-state index contributed by atoms with van der Waals surface area (Å²) in [6.45, 7) is 1.89. The number of aliphatic hydroxyl groups excluding tert-OH is 1. The number of nitrogens with zero attached hydrogens (tertiary/aromatic N) is 1. The second kappa shape index (κ2) is 10.1. The molecule has 0 bridgehead atoms. The Hall–Kier alpha value is -0.754. The van der Waals surface area contributed by atoms with Gasteiger partial charge in [0.1, 0.15) is 5.82 Å². The van der Waals surface area contributed by atoms with Crippen LogP contribution in [-0.4, -0.2) is 15.1 Å². The maximum Gasteiger partial charge on any atom is 1.00 e. The van der Waals surface area contributed by atoms with Crippen LogP contribution in [0.15, 0.2) is 60.8 Å².